The third-order valence-electron chi connectivity index (χ3n) is 2.87. The molecule has 0 saturated carbocycles. The Bertz CT molecular complexity index is 326. The number of carbonyl (C=O) groups excluding carboxylic acids is 2. The molecule has 0 bridgehead atoms. The van der Waals surface area contributed by atoms with Gasteiger partial charge in [0.2, 0.25) is 5.91 Å². The van der Waals surface area contributed by atoms with Crippen LogP contribution < -0.4 is 11.1 Å². The van der Waals surface area contributed by atoms with E-state index in [1.165, 1.54) is 0 Å². The number of nitrogens with zero attached hydrogens (tertiary/aromatic N) is 1. The number of likely N-dealkylation sites (tertiary alicyclic amines) is 1. The van der Waals surface area contributed by atoms with Crippen LogP contribution in [-0.4, -0.2) is 48.2 Å². The van der Waals surface area contributed by atoms with Gasteiger partial charge in [-0.15, -0.1) is 0 Å². The molecule has 1 fully saturated rings. The monoisotopic (exact) mass is 271 g/mol. The Morgan fingerprint density at radius 3 is 2.63 bits per heavy atom. The fraction of sp³-hybridized carbons (Fsp3) is 0.846. The summed E-state index contributed by atoms with van der Waals surface area (Å²) in [5, 5.41) is 2.84. The van der Waals surface area contributed by atoms with Crippen LogP contribution in [0.5, 0.6) is 0 Å². The molecule has 1 rings (SSSR count). The van der Waals surface area contributed by atoms with Crippen molar-refractivity contribution in [1.82, 2.24) is 10.2 Å². The standard InChI is InChI=1S/C13H25N3O3/c1-13(2,3)19-12(18)16-7-5-4-6-10(9-16)15-11(17)8-14/h10H,4-9,14H2,1-3H3,(H,15,17). The second-order valence-electron chi connectivity index (χ2n) is 5.89. The van der Waals surface area contributed by atoms with Crippen molar-refractivity contribution in [2.45, 2.75) is 51.7 Å². The summed E-state index contributed by atoms with van der Waals surface area (Å²) in [5.41, 5.74) is 4.79. The zero-order valence-electron chi connectivity index (χ0n) is 12.1. The van der Waals surface area contributed by atoms with Gasteiger partial charge in [-0.2, -0.15) is 0 Å². The fourth-order valence-corrected chi connectivity index (χ4v) is 2.04. The Kier molecular flexibility index (Phi) is 5.60. The van der Waals surface area contributed by atoms with E-state index in [1.54, 1.807) is 4.90 Å². The highest BCUT2D eigenvalue weighted by atomic mass is 16.6. The van der Waals surface area contributed by atoms with Gasteiger partial charge in [-0.3, -0.25) is 4.79 Å². The molecule has 0 spiro atoms. The highest BCUT2D eigenvalue weighted by Gasteiger charge is 2.26. The van der Waals surface area contributed by atoms with Crippen LogP contribution in [0.1, 0.15) is 40.0 Å². The lowest BCUT2D eigenvalue weighted by atomic mass is 10.1. The van der Waals surface area contributed by atoms with E-state index in [9.17, 15) is 9.59 Å². The summed E-state index contributed by atoms with van der Waals surface area (Å²) in [7, 11) is 0. The molecule has 0 aromatic rings. The average molecular weight is 271 g/mol. The fourth-order valence-electron chi connectivity index (χ4n) is 2.04. The molecule has 1 saturated heterocycles. The molecule has 1 atom stereocenters. The normalized spacial score (nSPS) is 20.6. The van der Waals surface area contributed by atoms with Crippen molar-refractivity contribution in [3.63, 3.8) is 0 Å². The molecule has 0 aliphatic carbocycles. The Hall–Kier alpha value is -1.30. The summed E-state index contributed by atoms with van der Waals surface area (Å²) < 4.78 is 5.36. The van der Waals surface area contributed by atoms with Gasteiger partial charge in [0, 0.05) is 19.1 Å². The Morgan fingerprint density at radius 1 is 1.37 bits per heavy atom. The van der Waals surface area contributed by atoms with Gasteiger partial charge in [0.1, 0.15) is 5.60 Å². The van der Waals surface area contributed by atoms with E-state index in [1.807, 2.05) is 20.8 Å². The van der Waals surface area contributed by atoms with Gasteiger partial charge < -0.3 is 20.7 Å². The van der Waals surface area contributed by atoms with Crippen LogP contribution >= 0.6 is 0 Å². The van der Waals surface area contributed by atoms with Crippen molar-refractivity contribution in [3.05, 3.63) is 0 Å². The van der Waals surface area contributed by atoms with Crippen molar-refractivity contribution in [2.24, 2.45) is 5.73 Å². The van der Waals surface area contributed by atoms with Crippen LogP contribution in [0.25, 0.3) is 0 Å². The first kappa shape index (κ1) is 15.8. The molecular formula is C13H25N3O3. The second kappa shape index (κ2) is 6.75. The van der Waals surface area contributed by atoms with Gasteiger partial charge in [0.05, 0.1) is 6.54 Å². The molecule has 1 aliphatic rings. The van der Waals surface area contributed by atoms with E-state index in [0.717, 1.165) is 19.3 Å². The summed E-state index contributed by atoms with van der Waals surface area (Å²) in [6.45, 7) is 6.66. The van der Waals surface area contributed by atoms with Crippen molar-refractivity contribution in [3.8, 4) is 0 Å². The van der Waals surface area contributed by atoms with Crippen LogP contribution in [-0.2, 0) is 9.53 Å². The molecule has 1 unspecified atom stereocenters. The number of nitrogens with two attached hydrogens (primary N) is 1. The van der Waals surface area contributed by atoms with Crippen LogP contribution in [0.15, 0.2) is 0 Å². The van der Waals surface area contributed by atoms with Crippen molar-refractivity contribution < 1.29 is 14.3 Å². The summed E-state index contributed by atoms with van der Waals surface area (Å²) in [6.07, 6.45) is 2.45. The predicted molar refractivity (Wildman–Crippen MR) is 72.6 cm³/mol. The second-order valence-corrected chi connectivity index (χ2v) is 5.89. The van der Waals surface area contributed by atoms with Gasteiger partial charge in [-0.05, 0) is 40.0 Å². The van der Waals surface area contributed by atoms with Gasteiger partial charge >= 0.3 is 6.09 Å². The molecule has 1 heterocycles. The average Bonchev–Trinajstić information content (AvgIpc) is 2.52. The summed E-state index contributed by atoms with van der Waals surface area (Å²) in [6, 6.07) is -0.0360. The highest BCUT2D eigenvalue weighted by molar-refractivity contribution is 5.78. The number of hydrogen-bond acceptors (Lipinski definition) is 4. The molecule has 3 N–H and O–H groups in total. The summed E-state index contributed by atoms with van der Waals surface area (Å²) in [5.74, 6) is -0.184. The molecular weight excluding hydrogens is 246 g/mol. The first-order chi connectivity index (χ1) is 8.81. The predicted octanol–water partition coefficient (Wildman–Crippen LogP) is 0.851. The van der Waals surface area contributed by atoms with Crippen LogP contribution in [0.2, 0.25) is 0 Å². The SMILES string of the molecule is CC(C)(C)OC(=O)N1CCCCC(NC(=O)CN)C1. The zero-order valence-corrected chi connectivity index (χ0v) is 12.1. The quantitative estimate of drug-likeness (QED) is 0.780. The number of carbonyl (C=O) groups is 2. The molecule has 0 radical (unpaired) electrons. The number of nitrogens with one attached hydrogen (secondary N) is 1. The number of ether oxygens (including phenoxy) is 1. The number of hydrogen-bond donors (Lipinski definition) is 2. The summed E-state index contributed by atoms with van der Waals surface area (Å²) >= 11 is 0. The molecule has 110 valence electrons. The topological polar surface area (TPSA) is 84.7 Å². The van der Waals surface area contributed by atoms with Gasteiger partial charge in [-0.1, -0.05) is 0 Å². The van der Waals surface area contributed by atoms with Crippen LogP contribution in [0.3, 0.4) is 0 Å². The van der Waals surface area contributed by atoms with Crippen molar-refractivity contribution in [1.29, 1.82) is 0 Å². The van der Waals surface area contributed by atoms with E-state index in [0.29, 0.717) is 13.1 Å². The third-order valence-corrected chi connectivity index (χ3v) is 2.87. The minimum Gasteiger partial charge on any atom is -0.444 e. The molecule has 1 aliphatic heterocycles. The molecule has 19 heavy (non-hydrogen) atoms. The first-order valence-electron chi connectivity index (χ1n) is 6.79. The zero-order chi connectivity index (χ0) is 14.5. The molecule has 2 amide bonds. The molecule has 0 aromatic carbocycles. The highest BCUT2D eigenvalue weighted by Crippen LogP contribution is 2.15. The van der Waals surface area contributed by atoms with E-state index < -0.39 is 5.60 Å². The van der Waals surface area contributed by atoms with Crippen molar-refractivity contribution >= 4 is 12.0 Å². The lowest BCUT2D eigenvalue weighted by Gasteiger charge is -2.28. The van der Waals surface area contributed by atoms with Crippen molar-refractivity contribution in [2.75, 3.05) is 19.6 Å². The Labute approximate surface area is 114 Å². The summed E-state index contributed by atoms with van der Waals surface area (Å²) in [4.78, 5) is 25.0. The van der Waals surface area contributed by atoms with E-state index in [2.05, 4.69) is 5.32 Å². The molecule has 0 aromatic heterocycles. The van der Waals surface area contributed by atoms with E-state index in [-0.39, 0.29) is 24.6 Å². The minimum atomic E-state index is -0.501. The molecule has 6 heteroatoms. The smallest absolute Gasteiger partial charge is 0.410 e. The first-order valence-corrected chi connectivity index (χ1v) is 6.79. The van der Waals surface area contributed by atoms with Gasteiger partial charge in [0.15, 0.2) is 0 Å². The minimum absolute atomic E-state index is 0.0249. The number of rotatable bonds is 2. The van der Waals surface area contributed by atoms with Crippen LogP contribution in [0, 0.1) is 0 Å². The van der Waals surface area contributed by atoms with Crippen LogP contribution in [0.4, 0.5) is 4.79 Å². The maximum atomic E-state index is 12.0. The Morgan fingerprint density at radius 2 is 2.05 bits per heavy atom. The molecule has 6 nitrogen and oxygen atoms in total. The van der Waals surface area contributed by atoms with E-state index in [4.69, 9.17) is 10.5 Å². The maximum Gasteiger partial charge on any atom is 0.410 e. The lowest BCUT2D eigenvalue weighted by molar-refractivity contribution is -0.120. The lowest BCUT2D eigenvalue weighted by Crippen LogP contribution is -2.47. The van der Waals surface area contributed by atoms with E-state index >= 15 is 0 Å². The maximum absolute atomic E-state index is 12.0. The van der Waals surface area contributed by atoms with Gasteiger partial charge in [-0.25, -0.2) is 4.79 Å². The largest absolute Gasteiger partial charge is 0.444 e. The number of amides is 2. The van der Waals surface area contributed by atoms with Gasteiger partial charge in [0.25, 0.3) is 0 Å². The third kappa shape index (κ3) is 5.92. The Balaban J connectivity index is 2.57.